The Morgan fingerprint density at radius 1 is 0.778 bits per heavy atom. The van der Waals surface area contributed by atoms with Crippen molar-refractivity contribution in [3.05, 3.63) is 130 Å². The first kappa shape index (κ1) is 17.0. The molecule has 0 aliphatic heterocycles. The molecule has 0 amide bonds. The number of hydrogen-bond acceptors (Lipinski definition) is 2. The molecule has 27 heavy (non-hydrogen) atoms. The fraction of sp³-hybridized carbons (Fsp3) is 0.0800. The van der Waals surface area contributed by atoms with Crippen LogP contribution in [0.4, 0.5) is 0 Å². The molecule has 4 aromatic rings. The first-order valence-electron chi connectivity index (χ1n) is 9.01. The van der Waals surface area contributed by atoms with Gasteiger partial charge in [0.15, 0.2) is 0 Å². The van der Waals surface area contributed by atoms with Crippen LogP contribution < -0.4 is 5.63 Å². The molecule has 0 saturated heterocycles. The van der Waals surface area contributed by atoms with Crippen LogP contribution >= 0.6 is 0 Å². The Bertz CT molecular complexity index is 1090. The van der Waals surface area contributed by atoms with Crippen molar-refractivity contribution in [1.82, 2.24) is 0 Å². The zero-order valence-electron chi connectivity index (χ0n) is 15.0. The molecule has 2 heteroatoms. The van der Waals surface area contributed by atoms with Crippen molar-refractivity contribution in [1.29, 1.82) is 0 Å². The minimum Gasteiger partial charge on any atom is -0.431 e. The van der Waals surface area contributed by atoms with Crippen molar-refractivity contribution < 1.29 is 4.42 Å². The van der Waals surface area contributed by atoms with Gasteiger partial charge in [-0.3, -0.25) is 0 Å². The Morgan fingerprint density at radius 2 is 1.30 bits per heavy atom. The molecule has 0 N–H and O–H groups in total. The second kappa shape index (κ2) is 7.46. The standard InChI is InChI=1S/C25H20O2/c1-18(16-21-17-27-25(26)23-15-9-8-14-22(21)23)24(19-10-4-2-5-11-19)20-12-6-3-7-13-20/h2-15,17,24H,1,16H2. The van der Waals surface area contributed by atoms with Crippen LogP contribution in [0.2, 0.25) is 0 Å². The lowest BCUT2D eigenvalue weighted by atomic mass is 9.83. The Morgan fingerprint density at radius 3 is 1.89 bits per heavy atom. The highest BCUT2D eigenvalue weighted by molar-refractivity contribution is 5.84. The summed E-state index contributed by atoms with van der Waals surface area (Å²) in [5.74, 6) is 0.0816. The van der Waals surface area contributed by atoms with Crippen LogP contribution in [-0.4, -0.2) is 0 Å². The van der Waals surface area contributed by atoms with Gasteiger partial charge in [0.25, 0.3) is 0 Å². The van der Waals surface area contributed by atoms with Crippen molar-refractivity contribution in [2.75, 3.05) is 0 Å². The number of rotatable bonds is 5. The molecule has 1 aromatic heterocycles. The van der Waals surface area contributed by atoms with E-state index in [1.165, 1.54) is 11.1 Å². The monoisotopic (exact) mass is 352 g/mol. The van der Waals surface area contributed by atoms with Gasteiger partial charge in [-0.25, -0.2) is 4.79 Å². The summed E-state index contributed by atoms with van der Waals surface area (Å²) in [6, 6.07) is 28.3. The van der Waals surface area contributed by atoms with Crippen LogP contribution in [0.3, 0.4) is 0 Å². The average molecular weight is 352 g/mol. The average Bonchev–Trinajstić information content (AvgIpc) is 2.72. The molecule has 132 valence electrons. The number of hydrogen-bond donors (Lipinski definition) is 0. The number of fused-ring (bicyclic) bond motifs is 1. The minimum absolute atomic E-state index is 0.0816. The molecular formula is C25H20O2. The van der Waals surface area contributed by atoms with Gasteiger partial charge in [0.1, 0.15) is 0 Å². The van der Waals surface area contributed by atoms with Gasteiger partial charge in [-0.05, 0) is 34.6 Å². The first-order chi connectivity index (χ1) is 13.2. The molecule has 0 saturated carbocycles. The lowest BCUT2D eigenvalue weighted by molar-refractivity contribution is 0.514. The highest BCUT2D eigenvalue weighted by Gasteiger charge is 2.19. The quantitative estimate of drug-likeness (QED) is 0.430. The van der Waals surface area contributed by atoms with E-state index in [0.717, 1.165) is 16.5 Å². The van der Waals surface area contributed by atoms with Crippen LogP contribution in [-0.2, 0) is 6.42 Å². The lowest BCUT2D eigenvalue weighted by Gasteiger charge is -2.21. The molecule has 0 aliphatic carbocycles. The third-order valence-electron chi connectivity index (χ3n) is 4.89. The molecule has 2 nitrogen and oxygen atoms in total. The van der Waals surface area contributed by atoms with Crippen molar-refractivity contribution in [2.24, 2.45) is 0 Å². The fourth-order valence-electron chi connectivity index (χ4n) is 3.63. The molecular weight excluding hydrogens is 332 g/mol. The van der Waals surface area contributed by atoms with E-state index in [4.69, 9.17) is 4.42 Å². The van der Waals surface area contributed by atoms with E-state index in [1.807, 2.05) is 30.3 Å². The minimum atomic E-state index is -0.303. The van der Waals surface area contributed by atoms with Crippen LogP contribution in [0, 0.1) is 0 Å². The third kappa shape index (κ3) is 3.47. The summed E-state index contributed by atoms with van der Waals surface area (Å²) in [4.78, 5) is 12.0. The summed E-state index contributed by atoms with van der Waals surface area (Å²) in [7, 11) is 0. The summed E-state index contributed by atoms with van der Waals surface area (Å²) in [5, 5.41) is 1.54. The molecule has 0 atom stereocenters. The maximum atomic E-state index is 12.0. The predicted octanol–water partition coefficient (Wildman–Crippen LogP) is 5.72. The Hall–Kier alpha value is -3.39. The van der Waals surface area contributed by atoms with Crippen LogP contribution in [0.15, 0.2) is 113 Å². The maximum absolute atomic E-state index is 12.0. The van der Waals surface area contributed by atoms with E-state index >= 15 is 0 Å². The van der Waals surface area contributed by atoms with Gasteiger partial charge < -0.3 is 4.42 Å². The van der Waals surface area contributed by atoms with E-state index < -0.39 is 0 Å². The van der Waals surface area contributed by atoms with Gasteiger partial charge in [-0.1, -0.05) is 91.0 Å². The molecule has 0 unspecified atom stereocenters. The maximum Gasteiger partial charge on any atom is 0.343 e. The van der Waals surface area contributed by atoms with Gasteiger partial charge in [-0.15, -0.1) is 0 Å². The second-order valence-electron chi connectivity index (χ2n) is 6.68. The largest absolute Gasteiger partial charge is 0.431 e. The predicted molar refractivity (Wildman–Crippen MR) is 110 cm³/mol. The van der Waals surface area contributed by atoms with Gasteiger partial charge >= 0.3 is 5.63 Å². The van der Waals surface area contributed by atoms with E-state index in [9.17, 15) is 4.79 Å². The summed E-state index contributed by atoms with van der Waals surface area (Å²) in [5.41, 5.74) is 4.15. The van der Waals surface area contributed by atoms with E-state index in [-0.39, 0.29) is 11.5 Å². The highest BCUT2D eigenvalue weighted by atomic mass is 16.4. The van der Waals surface area contributed by atoms with Crippen LogP contribution in [0.1, 0.15) is 22.6 Å². The van der Waals surface area contributed by atoms with Crippen molar-refractivity contribution >= 4 is 10.8 Å². The SMILES string of the molecule is C=C(Cc1coc(=O)c2ccccc12)C(c1ccccc1)c1ccccc1. The Labute approximate surface area is 158 Å². The summed E-state index contributed by atoms with van der Waals surface area (Å²) < 4.78 is 5.27. The molecule has 0 radical (unpaired) electrons. The van der Waals surface area contributed by atoms with Gasteiger partial charge in [-0.2, -0.15) is 0 Å². The normalized spacial score (nSPS) is 11.0. The van der Waals surface area contributed by atoms with Crippen molar-refractivity contribution in [3.63, 3.8) is 0 Å². The highest BCUT2D eigenvalue weighted by Crippen LogP contribution is 2.33. The summed E-state index contributed by atoms with van der Waals surface area (Å²) in [6.07, 6.45) is 2.21. The van der Waals surface area contributed by atoms with Gasteiger partial charge in [0.2, 0.25) is 0 Å². The Balaban J connectivity index is 1.76. The molecule has 0 fully saturated rings. The van der Waals surface area contributed by atoms with Gasteiger partial charge in [0, 0.05) is 5.92 Å². The third-order valence-corrected chi connectivity index (χ3v) is 4.89. The van der Waals surface area contributed by atoms with Crippen molar-refractivity contribution in [3.8, 4) is 0 Å². The van der Waals surface area contributed by atoms with Gasteiger partial charge in [0.05, 0.1) is 11.6 Å². The number of allylic oxidation sites excluding steroid dienone is 1. The zero-order valence-corrected chi connectivity index (χ0v) is 15.0. The number of benzene rings is 3. The molecule has 0 spiro atoms. The molecule has 0 aliphatic rings. The summed E-state index contributed by atoms with van der Waals surface area (Å²) >= 11 is 0. The van der Waals surface area contributed by atoms with Crippen LogP contribution in [0.25, 0.3) is 10.8 Å². The molecule has 3 aromatic carbocycles. The molecule has 0 bridgehead atoms. The topological polar surface area (TPSA) is 30.2 Å². The smallest absolute Gasteiger partial charge is 0.343 e. The van der Waals surface area contributed by atoms with Crippen LogP contribution in [0.5, 0.6) is 0 Å². The van der Waals surface area contributed by atoms with E-state index in [2.05, 4.69) is 55.1 Å². The lowest BCUT2D eigenvalue weighted by Crippen LogP contribution is -2.08. The molecule has 4 rings (SSSR count). The fourth-order valence-corrected chi connectivity index (χ4v) is 3.63. The molecule has 1 heterocycles. The van der Waals surface area contributed by atoms with Crippen molar-refractivity contribution in [2.45, 2.75) is 12.3 Å². The first-order valence-corrected chi connectivity index (χ1v) is 9.01. The summed E-state index contributed by atoms with van der Waals surface area (Å²) in [6.45, 7) is 4.41. The Kier molecular flexibility index (Phi) is 4.71. The second-order valence-corrected chi connectivity index (χ2v) is 6.68. The zero-order chi connectivity index (χ0) is 18.6. The van der Waals surface area contributed by atoms with E-state index in [1.54, 1.807) is 12.3 Å². The van der Waals surface area contributed by atoms with E-state index in [0.29, 0.717) is 11.8 Å².